The second-order valence-corrected chi connectivity index (χ2v) is 3.72. The molecule has 0 saturated carbocycles. The molecule has 0 unspecified atom stereocenters. The predicted molar refractivity (Wildman–Crippen MR) is 65.7 cm³/mol. The highest BCUT2D eigenvalue weighted by Gasteiger charge is 2.22. The first-order valence-electron chi connectivity index (χ1n) is 5.59. The van der Waals surface area contributed by atoms with Gasteiger partial charge in [0.2, 0.25) is 0 Å². The lowest BCUT2D eigenvalue weighted by Crippen LogP contribution is -2.39. The van der Waals surface area contributed by atoms with Gasteiger partial charge in [-0.05, 0) is 5.56 Å². The van der Waals surface area contributed by atoms with E-state index in [-0.39, 0.29) is 6.42 Å². The number of carbonyl (C=O) groups is 2. The van der Waals surface area contributed by atoms with E-state index in [0.717, 1.165) is 5.56 Å². The Balaban J connectivity index is 2.56. The van der Waals surface area contributed by atoms with E-state index in [4.69, 9.17) is 0 Å². The van der Waals surface area contributed by atoms with Crippen molar-refractivity contribution >= 4 is 11.9 Å². The summed E-state index contributed by atoms with van der Waals surface area (Å²) < 4.78 is 9.18. The third-order valence-corrected chi connectivity index (χ3v) is 2.48. The summed E-state index contributed by atoms with van der Waals surface area (Å²) >= 11 is 0. The first-order valence-corrected chi connectivity index (χ1v) is 5.59. The summed E-state index contributed by atoms with van der Waals surface area (Å²) in [7, 11) is 2.57. The number of rotatable bonds is 6. The van der Waals surface area contributed by atoms with Gasteiger partial charge in [-0.3, -0.25) is 14.9 Å². The van der Waals surface area contributed by atoms with Crippen LogP contribution in [0.5, 0.6) is 0 Å². The molecule has 1 rings (SSSR count). The largest absolute Gasteiger partial charge is 0.469 e. The van der Waals surface area contributed by atoms with Gasteiger partial charge in [0, 0.05) is 6.54 Å². The van der Waals surface area contributed by atoms with Crippen LogP contribution in [0.3, 0.4) is 0 Å². The van der Waals surface area contributed by atoms with E-state index in [1.807, 2.05) is 30.3 Å². The zero-order chi connectivity index (χ0) is 13.4. The minimum absolute atomic E-state index is 0.0456. The second-order valence-electron chi connectivity index (χ2n) is 3.72. The highest BCUT2D eigenvalue weighted by molar-refractivity contribution is 5.82. The number of benzene rings is 1. The quantitative estimate of drug-likeness (QED) is 0.760. The maximum atomic E-state index is 11.5. The van der Waals surface area contributed by atoms with E-state index in [2.05, 4.69) is 14.8 Å². The molecule has 0 saturated heterocycles. The molecular weight excluding hydrogens is 234 g/mol. The van der Waals surface area contributed by atoms with Crippen LogP contribution in [-0.4, -0.2) is 32.2 Å². The number of esters is 2. The molecule has 0 radical (unpaired) electrons. The highest BCUT2D eigenvalue weighted by atomic mass is 16.5. The van der Waals surface area contributed by atoms with Crippen LogP contribution in [0.15, 0.2) is 30.3 Å². The van der Waals surface area contributed by atoms with Crippen molar-refractivity contribution in [1.82, 2.24) is 5.32 Å². The molecular formula is C13H17NO4. The van der Waals surface area contributed by atoms with E-state index in [1.165, 1.54) is 14.2 Å². The lowest BCUT2D eigenvalue weighted by molar-refractivity contribution is -0.149. The van der Waals surface area contributed by atoms with Gasteiger partial charge in [-0.25, -0.2) is 0 Å². The number of hydrogen-bond donors (Lipinski definition) is 1. The third-order valence-electron chi connectivity index (χ3n) is 2.48. The predicted octanol–water partition coefficient (Wildman–Crippen LogP) is 0.881. The summed E-state index contributed by atoms with van der Waals surface area (Å²) in [6.07, 6.45) is -0.0456. The maximum absolute atomic E-state index is 11.5. The minimum Gasteiger partial charge on any atom is -0.469 e. The normalized spacial score (nSPS) is 11.7. The van der Waals surface area contributed by atoms with E-state index in [1.54, 1.807) is 0 Å². The first-order chi connectivity index (χ1) is 8.67. The van der Waals surface area contributed by atoms with Gasteiger partial charge in [-0.15, -0.1) is 0 Å². The number of methoxy groups -OCH3 is 2. The topological polar surface area (TPSA) is 64.6 Å². The van der Waals surface area contributed by atoms with Crippen LogP contribution in [0.2, 0.25) is 0 Å². The Morgan fingerprint density at radius 3 is 2.39 bits per heavy atom. The van der Waals surface area contributed by atoms with E-state index < -0.39 is 18.0 Å². The lowest BCUT2D eigenvalue weighted by atomic mass is 10.1. The van der Waals surface area contributed by atoms with Gasteiger partial charge >= 0.3 is 11.9 Å². The zero-order valence-electron chi connectivity index (χ0n) is 10.5. The Labute approximate surface area is 106 Å². The maximum Gasteiger partial charge on any atom is 0.323 e. The average molecular weight is 251 g/mol. The van der Waals surface area contributed by atoms with Crippen molar-refractivity contribution in [2.24, 2.45) is 0 Å². The molecule has 1 aromatic carbocycles. The minimum atomic E-state index is -0.692. The number of ether oxygens (including phenoxy) is 2. The van der Waals surface area contributed by atoms with E-state index in [0.29, 0.717) is 6.54 Å². The Morgan fingerprint density at radius 1 is 1.17 bits per heavy atom. The molecule has 5 heteroatoms. The molecule has 5 nitrogen and oxygen atoms in total. The Morgan fingerprint density at radius 2 is 1.83 bits per heavy atom. The van der Waals surface area contributed by atoms with Crippen molar-refractivity contribution in [2.45, 2.75) is 19.0 Å². The molecule has 18 heavy (non-hydrogen) atoms. The van der Waals surface area contributed by atoms with Crippen molar-refractivity contribution in [3.8, 4) is 0 Å². The summed E-state index contributed by atoms with van der Waals surface area (Å²) in [5, 5.41) is 2.98. The summed E-state index contributed by atoms with van der Waals surface area (Å²) in [5.74, 6) is -0.928. The molecule has 1 N–H and O–H groups in total. The summed E-state index contributed by atoms with van der Waals surface area (Å²) in [5.41, 5.74) is 1.02. The monoisotopic (exact) mass is 251 g/mol. The van der Waals surface area contributed by atoms with Crippen LogP contribution in [0.4, 0.5) is 0 Å². The summed E-state index contributed by atoms with van der Waals surface area (Å²) in [4.78, 5) is 22.7. The zero-order valence-corrected chi connectivity index (χ0v) is 10.5. The van der Waals surface area contributed by atoms with Gasteiger partial charge < -0.3 is 9.47 Å². The third kappa shape index (κ3) is 4.55. The molecule has 0 aliphatic carbocycles. The Kier molecular flexibility index (Phi) is 5.87. The van der Waals surface area contributed by atoms with Gasteiger partial charge in [0.25, 0.3) is 0 Å². The molecule has 0 amide bonds. The van der Waals surface area contributed by atoms with Gasteiger partial charge in [0.05, 0.1) is 20.6 Å². The number of carbonyl (C=O) groups excluding carboxylic acids is 2. The molecule has 0 aliphatic heterocycles. The van der Waals surface area contributed by atoms with E-state index in [9.17, 15) is 9.59 Å². The van der Waals surface area contributed by atoms with Crippen LogP contribution in [0.1, 0.15) is 12.0 Å². The van der Waals surface area contributed by atoms with Crippen molar-refractivity contribution in [3.63, 3.8) is 0 Å². The number of nitrogens with one attached hydrogen (secondary N) is 1. The fraction of sp³-hybridized carbons (Fsp3) is 0.385. The van der Waals surface area contributed by atoms with Gasteiger partial charge in [0.15, 0.2) is 0 Å². The van der Waals surface area contributed by atoms with Crippen molar-refractivity contribution in [1.29, 1.82) is 0 Å². The van der Waals surface area contributed by atoms with Crippen molar-refractivity contribution in [3.05, 3.63) is 35.9 Å². The van der Waals surface area contributed by atoms with Crippen LogP contribution < -0.4 is 5.32 Å². The molecule has 0 aromatic heterocycles. The Hall–Kier alpha value is -1.88. The average Bonchev–Trinajstić information content (AvgIpc) is 2.43. The molecule has 0 spiro atoms. The summed E-state index contributed by atoms with van der Waals surface area (Å²) in [6.45, 7) is 0.484. The summed E-state index contributed by atoms with van der Waals surface area (Å²) in [6, 6.07) is 8.89. The lowest BCUT2D eigenvalue weighted by Gasteiger charge is -2.15. The second kappa shape index (κ2) is 7.45. The molecule has 0 bridgehead atoms. The fourth-order valence-corrected chi connectivity index (χ4v) is 1.47. The number of hydrogen-bond acceptors (Lipinski definition) is 5. The standard InChI is InChI=1S/C13H17NO4/c1-17-12(15)8-11(13(16)18-2)14-9-10-6-4-3-5-7-10/h3-7,11,14H,8-9H2,1-2H3/t11-/m0/s1. The first kappa shape index (κ1) is 14.2. The molecule has 0 fully saturated rings. The molecule has 0 heterocycles. The van der Waals surface area contributed by atoms with Crippen LogP contribution in [-0.2, 0) is 25.6 Å². The molecule has 0 aliphatic rings. The van der Waals surface area contributed by atoms with Crippen LogP contribution >= 0.6 is 0 Å². The highest BCUT2D eigenvalue weighted by Crippen LogP contribution is 2.02. The van der Waals surface area contributed by atoms with E-state index >= 15 is 0 Å². The smallest absolute Gasteiger partial charge is 0.323 e. The van der Waals surface area contributed by atoms with Crippen molar-refractivity contribution < 1.29 is 19.1 Å². The SMILES string of the molecule is COC(=O)C[C@H](NCc1ccccc1)C(=O)OC. The van der Waals surface area contributed by atoms with Crippen LogP contribution in [0, 0.1) is 0 Å². The van der Waals surface area contributed by atoms with Crippen LogP contribution in [0.25, 0.3) is 0 Å². The van der Waals surface area contributed by atoms with Gasteiger partial charge in [-0.2, -0.15) is 0 Å². The molecule has 98 valence electrons. The molecule has 1 atom stereocenters. The Bertz CT molecular complexity index is 391. The molecule has 1 aromatic rings. The van der Waals surface area contributed by atoms with Gasteiger partial charge in [0.1, 0.15) is 6.04 Å². The van der Waals surface area contributed by atoms with Crippen molar-refractivity contribution in [2.75, 3.05) is 14.2 Å². The van der Waals surface area contributed by atoms with Gasteiger partial charge in [-0.1, -0.05) is 30.3 Å². The fourth-order valence-electron chi connectivity index (χ4n) is 1.47.